The maximum Gasteiger partial charge on any atom is 0.336 e. The van der Waals surface area contributed by atoms with Crippen molar-refractivity contribution in [2.45, 2.75) is 33.8 Å². The Labute approximate surface area is 168 Å². The molecule has 0 saturated heterocycles. The zero-order chi connectivity index (χ0) is 21.2. The van der Waals surface area contributed by atoms with Crippen LogP contribution in [0.1, 0.15) is 38.1 Å². The van der Waals surface area contributed by atoms with Crippen LogP contribution in [0.3, 0.4) is 0 Å². The summed E-state index contributed by atoms with van der Waals surface area (Å²) in [6.45, 7) is 7.15. The largest absolute Gasteiger partial charge is 0.482 e. The summed E-state index contributed by atoms with van der Waals surface area (Å²) >= 11 is 0. The Morgan fingerprint density at radius 3 is 2.31 bits per heavy atom. The molecule has 0 radical (unpaired) electrons. The molecule has 0 unspecified atom stereocenters. The lowest BCUT2D eigenvalue weighted by molar-refractivity contribution is -0.123. The Morgan fingerprint density at radius 1 is 1.00 bits per heavy atom. The first-order valence-electron chi connectivity index (χ1n) is 9.30. The van der Waals surface area contributed by atoms with Crippen LogP contribution < -0.4 is 15.7 Å². The number of carbonyl (C=O) groups excluding carboxylic acids is 2. The Morgan fingerprint density at radius 2 is 1.66 bits per heavy atom. The molecule has 0 saturated carbocycles. The van der Waals surface area contributed by atoms with Gasteiger partial charge in [-0.3, -0.25) is 9.59 Å². The van der Waals surface area contributed by atoms with Crippen molar-refractivity contribution in [2.24, 2.45) is 5.41 Å². The van der Waals surface area contributed by atoms with Crippen molar-refractivity contribution in [3.05, 3.63) is 70.6 Å². The van der Waals surface area contributed by atoms with Gasteiger partial charge in [0, 0.05) is 34.2 Å². The molecule has 3 aromatic rings. The van der Waals surface area contributed by atoms with Crippen molar-refractivity contribution in [3.63, 3.8) is 0 Å². The monoisotopic (exact) mass is 393 g/mol. The van der Waals surface area contributed by atoms with Gasteiger partial charge in [0.1, 0.15) is 11.3 Å². The fourth-order valence-electron chi connectivity index (χ4n) is 2.64. The summed E-state index contributed by atoms with van der Waals surface area (Å²) < 4.78 is 10.9. The molecule has 150 valence electrons. The lowest BCUT2D eigenvalue weighted by atomic mass is 9.95. The van der Waals surface area contributed by atoms with Gasteiger partial charge in [-0.2, -0.15) is 0 Å². The molecule has 0 aliphatic heterocycles. The molecular formula is C23H23NO5. The van der Waals surface area contributed by atoms with Crippen LogP contribution >= 0.6 is 0 Å². The Bertz CT molecular complexity index is 1110. The third kappa shape index (κ3) is 4.90. The zero-order valence-electron chi connectivity index (χ0n) is 16.8. The average Bonchev–Trinajstić information content (AvgIpc) is 2.67. The van der Waals surface area contributed by atoms with Crippen LogP contribution in [0.2, 0.25) is 0 Å². The predicted octanol–water partition coefficient (Wildman–Crippen LogP) is 4.43. The van der Waals surface area contributed by atoms with Gasteiger partial charge in [0.2, 0.25) is 11.7 Å². The van der Waals surface area contributed by atoms with E-state index in [0.717, 1.165) is 5.39 Å². The minimum absolute atomic E-state index is 0.101. The molecule has 1 amide bonds. The van der Waals surface area contributed by atoms with Gasteiger partial charge in [0.15, 0.2) is 6.10 Å². The maximum atomic E-state index is 12.7. The lowest BCUT2D eigenvalue weighted by Gasteiger charge is -2.18. The van der Waals surface area contributed by atoms with Crippen LogP contribution in [0, 0.1) is 5.41 Å². The van der Waals surface area contributed by atoms with Gasteiger partial charge in [-0.15, -0.1) is 0 Å². The molecule has 29 heavy (non-hydrogen) atoms. The van der Waals surface area contributed by atoms with Gasteiger partial charge in [-0.25, -0.2) is 4.79 Å². The molecule has 0 aliphatic carbocycles. The van der Waals surface area contributed by atoms with E-state index in [1.54, 1.807) is 55.5 Å². The van der Waals surface area contributed by atoms with Crippen molar-refractivity contribution < 1.29 is 18.7 Å². The number of benzene rings is 2. The lowest BCUT2D eigenvalue weighted by Crippen LogP contribution is -2.27. The Hall–Kier alpha value is -3.41. The predicted molar refractivity (Wildman–Crippen MR) is 111 cm³/mol. The molecule has 1 aromatic heterocycles. The number of amides is 1. The van der Waals surface area contributed by atoms with Gasteiger partial charge < -0.3 is 14.5 Å². The second-order valence-corrected chi connectivity index (χ2v) is 7.86. The molecule has 1 atom stereocenters. The number of Topliss-reactive ketones (excluding diaryl/α,β-unsaturated/α-hetero) is 1. The Kier molecular flexibility index (Phi) is 5.55. The highest BCUT2D eigenvalue weighted by atomic mass is 16.5. The van der Waals surface area contributed by atoms with Gasteiger partial charge in [0.25, 0.3) is 0 Å². The first-order chi connectivity index (χ1) is 13.6. The summed E-state index contributed by atoms with van der Waals surface area (Å²) in [5.41, 5.74) is 0.541. The van der Waals surface area contributed by atoms with Crippen LogP contribution in [0.15, 0.2) is 63.8 Å². The van der Waals surface area contributed by atoms with Crippen LogP contribution in [0.4, 0.5) is 5.69 Å². The number of ketones is 1. The first kappa shape index (κ1) is 20.3. The van der Waals surface area contributed by atoms with E-state index in [1.165, 1.54) is 6.07 Å². The number of fused-ring (bicyclic) bond motifs is 1. The molecule has 0 fully saturated rings. The highest BCUT2D eigenvalue weighted by Gasteiger charge is 2.22. The van der Waals surface area contributed by atoms with Crippen LogP contribution in [-0.2, 0) is 4.79 Å². The summed E-state index contributed by atoms with van der Waals surface area (Å²) in [6.07, 6.45) is -0.738. The van der Waals surface area contributed by atoms with Gasteiger partial charge in [0.05, 0.1) is 0 Å². The number of nitrogens with one attached hydrogen (secondary N) is 1. The summed E-state index contributed by atoms with van der Waals surface area (Å²) in [6, 6.07) is 14.8. The molecule has 1 heterocycles. The van der Waals surface area contributed by atoms with E-state index in [2.05, 4.69) is 5.32 Å². The highest BCUT2D eigenvalue weighted by Crippen LogP contribution is 2.22. The van der Waals surface area contributed by atoms with Crippen molar-refractivity contribution in [2.75, 3.05) is 5.32 Å². The number of hydrogen-bond donors (Lipinski definition) is 1. The van der Waals surface area contributed by atoms with Crippen LogP contribution in [-0.4, -0.2) is 17.8 Å². The number of rotatable bonds is 5. The van der Waals surface area contributed by atoms with Gasteiger partial charge >= 0.3 is 5.63 Å². The smallest absolute Gasteiger partial charge is 0.336 e. The van der Waals surface area contributed by atoms with E-state index in [1.807, 2.05) is 20.8 Å². The molecule has 1 N–H and O–H groups in total. The molecule has 3 rings (SSSR count). The number of anilines is 1. The molecule has 0 bridgehead atoms. The summed E-state index contributed by atoms with van der Waals surface area (Å²) in [7, 11) is 0. The number of hydrogen-bond acceptors (Lipinski definition) is 5. The molecule has 2 aromatic carbocycles. The van der Waals surface area contributed by atoms with E-state index in [-0.39, 0.29) is 11.7 Å². The standard InChI is InChI=1S/C23H23NO5/c1-14(28-18-11-7-15-8-12-20(25)29-19(15)13-18)21(26)16-5-9-17(10-6-16)24-22(27)23(2,3)4/h5-14H,1-4H3,(H,24,27)/t14-/m0/s1. The highest BCUT2D eigenvalue weighted by molar-refractivity contribution is 6.00. The van der Waals surface area contributed by atoms with Crippen molar-refractivity contribution in [3.8, 4) is 5.75 Å². The SMILES string of the molecule is C[C@H](Oc1ccc2ccc(=O)oc2c1)C(=O)c1ccc(NC(=O)C(C)(C)C)cc1. The van der Waals surface area contributed by atoms with E-state index < -0.39 is 17.1 Å². The molecule has 0 aliphatic rings. The zero-order valence-corrected chi connectivity index (χ0v) is 16.8. The third-order valence-electron chi connectivity index (χ3n) is 4.39. The first-order valence-corrected chi connectivity index (χ1v) is 9.30. The topological polar surface area (TPSA) is 85.6 Å². The van der Waals surface area contributed by atoms with E-state index in [9.17, 15) is 14.4 Å². The number of carbonyl (C=O) groups is 2. The third-order valence-corrected chi connectivity index (χ3v) is 4.39. The minimum Gasteiger partial charge on any atom is -0.482 e. The van der Waals surface area contributed by atoms with Gasteiger partial charge in [-0.1, -0.05) is 20.8 Å². The van der Waals surface area contributed by atoms with E-state index >= 15 is 0 Å². The maximum absolute atomic E-state index is 12.7. The van der Waals surface area contributed by atoms with Crippen LogP contribution in [0.25, 0.3) is 11.0 Å². The molecule has 0 spiro atoms. The normalized spacial score (nSPS) is 12.4. The summed E-state index contributed by atoms with van der Waals surface area (Å²) in [5.74, 6) is 0.131. The summed E-state index contributed by atoms with van der Waals surface area (Å²) in [4.78, 5) is 36.1. The van der Waals surface area contributed by atoms with Crippen LogP contribution in [0.5, 0.6) is 5.75 Å². The second-order valence-electron chi connectivity index (χ2n) is 7.86. The van der Waals surface area contributed by atoms with Gasteiger partial charge in [-0.05, 0) is 49.4 Å². The van der Waals surface area contributed by atoms with E-state index in [4.69, 9.17) is 9.15 Å². The minimum atomic E-state index is -0.738. The van der Waals surface area contributed by atoms with Crippen molar-refractivity contribution in [1.29, 1.82) is 0 Å². The summed E-state index contributed by atoms with van der Waals surface area (Å²) in [5, 5.41) is 3.59. The number of ether oxygens (including phenoxy) is 1. The molecule has 6 nitrogen and oxygen atoms in total. The Balaban J connectivity index is 1.70. The van der Waals surface area contributed by atoms with Crippen molar-refractivity contribution >= 4 is 28.3 Å². The molecule has 6 heteroatoms. The van der Waals surface area contributed by atoms with E-state index in [0.29, 0.717) is 22.6 Å². The quantitative estimate of drug-likeness (QED) is 0.512. The molecular weight excluding hydrogens is 370 g/mol. The fourth-order valence-corrected chi connectivity index (χ4v) is 2.64. The van der Waals surface area contributed by atoms with Crippen molar-refractivity contribution in [1.82, 2.24) is 0 Å². The average molecular weight is 393 g/mol. The fraction of sp³-hybridized carbons (Fsp3) is 0.261. The second kappa shape index (κ2) is 7.91.